The van der Waals surface area contributed by atoms with Crippen molar-refractivity contribution in [3.8, 4) is 0 Å². The van der Waals surface area contributed by atoms with Crippen molar-refractivity contribution in [1.29, 1.82) is 0 Å². The summed E-state index contributed by atoms with van der Waals surface area (Å²) in [6, 6.07) is 0. The maximum atomic E-state index is 10.4. The zero-order chi connectivity index (χ0) is 23.6. The molecule has 0 aromatic heterocycles. The monoisotopic (exact) mass is 482 g/mol. The Morgan fingerprint density at radius 3 is 1.16 bits per heavy atom. The van der Waals surface area contributed by atoms with Gasteiger partial charge in [-0.25, -0.2) is 4.57 Å². The second kappa shape index (κ2) is 25.6. The average Bonchev–Trinajstić information content (AvgIpc) is 2.75. The molecule has 0 aliphatic heterocycles. The van der Waals surface area contributed by atoms with E-state index in [1.807, 2.05) is 0 Å². The Morgan fingerprint density at radius 2 is 0.781 bits per heavy atom. The summed E-state index contributed by atoms with van der Waals surface area (Å²) < 4.78 is 30.8. The van der Waals surface area contributed by atoms with Gasteiger partial charge in [0.15, 0.2) is 0 Å². The van der Waals surface area contributed by atoms with Gasteiger partial charge in [0.25, 0.3) is 0 Å². The molecule has 194 valence electrons. The molecule has 0 radical (unpaired) electrons. The van der Waals surface area contributed by atoms with Crippen LogP contribution in [0.1, 0.15) is 110 Å². The summed E-state index contributed by atoms with van der Waals surface area (Å²) in [6.45, 7) is 4.97. The summed E-state index contributed by atoms with van der Waals surface area (Å²) in [5, 5.41) is 0. The third kappa shape index (κ3) is 30.0. The summed E-state index contributed by atoms with van der Waals surface area (Å²) in [4.78, 5) is 17.0. The van der Waals surface area contributed by atoms with E-state index in [2.05, 4.69) is 11.4 Å². The minimum atomic E-state index is -4.39. The number of hydrogen-bond acceptors (Lipinski definition) is 5. The fourth-order valence-electron chi connectivity index (χ4n) is 3.51. The summed E-state index contributed by atoms with van der Waals surface area (Å²) in [6.07, 6.45) is 21.9. The Labute approximate surface area is 197 Å². The molecule has 0 rings (SSSR count). The van der Waals surface area contributed by atoms with Crippen LogP contribution in [0.25, 0.3) is 0 Å². The van der Waals surface area contributed by atoms with Crippen LogP contribution in [0.2, 0.25) is 0 Å². The van der Waals surface area contributed by atoms with E-state index in [4.69, 9.17) is 24.0 Å². The molecule has 8 heteroatoms. The highest BCUT2D eigenvalue weighted by Gasteiger charge is 2.12. The van der Waals surface area contributed by atoms with Crippen molar-refractivity contribution in [1.82, 2.24) is 0 Å². The highest BCUT2D eigenvalue weighted by molar-refractivity contribution is 7.46. The number of phosphoric ester groups is 1. The predicted molar refractivity (Wildman–Crippen MR) is 130 cm³/mol. The molecule has 0 aromatic carbocycles. The molecule has 0 heterocycles. The van der Waals surface area contributed by atoms with Gasteiger partial charge in [0.1, 0.15) is 0 Å². The van der Waals surface area contributed by atoms with E-state index in [0.29, 0.717) is 26.4 Å². The lowest BCUT2D eigenvalue weighted by Crippen LogP contribution is -2.11. The lowest BCUT2D eigenvalue weighted by atomic mass is 10.0. The van der Waals surface area contributed by atoms with E-state index < -0.39 is 7.82 Å². The van der Waals surface area contributed by atoms with Gasteiger partial charge in [0.05, 0.1) is 39.6 Å². The van der Waals surface area contributed by atoms with Crippen LogP contribution in [0.4, 0.5) is 0 Å². The van der Waals surface area contributed by atoms with Crippen LogP contribution in [0.15, 0.2) is 0 Å². The van der Waals surface area contributed by atoms with Crippen LogP contribution in [0, 0.1) is 0 Å². The third-order valence-corrected chi connectivity index (χ3v) is 5.89. The van der Waals surface area contributed by atoms with Crippen molar-refractivity contribution in [2.75, 3.05) is 46.2 Å². The van der Waals surface area contributed by atoms with Gasteiger partial charge < -0.3 is 24.0 Å². The lowest BCUT2D eigenvalue weighted by molar-refractivity contribution is 0.00702. The van der Waals surface area contributed by atoms with Crippen LogP contribution >= 0.6 is 7.82 Å². The van der Waals surface area contributed by atoms with Crippen LogP contribution in [-0.2, 0) is 23.3 Å². The quantitative estimate of drug-likeness (QED) is 0.103. The summed E-state index contributed by atoms with van der Waals surface area (Å²) in [7, 11) is -4.39. The number of ether oxygens (including phenoxy) is 3. The van der Waals surface area contributed by atoms with Gasteiger partial charge in [-0.3, -0.25) is 4.52 Å². The van der Waals surface area contributed by atoms with Crippen LogP contribution in [-0.4, -0.2) is 56.0 Å². The first-order chi connectivity index (χ1) is 15.6. The molecule has 0 bridgehead atoms. The van der Waals surface area contributed by atoms with Crippen LogP contribution in [0.5, 0.6) is 0 Å². The van der Waals surface area contributed by atoms with Gasteiger partial charge in [-0.1, -0.05) is 103 Å². The molecule has 0 unspecified atom stereocenters. The number of rotatable bonds is 27. The SMILES string of the molecule is CCCCCCCCCCCCCCCCCCOCCOCCOCCOP(=O)(O)O. The minimum absolute atomic E-state index is 0.129. The van der Waals surface area contributed by atoms with E-state index in [1.165, 1.54) is 96.3 Å². The number of hydrogen-bond donors (Lipinski definition) is 2. The predicted octanol–water partition coefficient (Wildman–Crippen LogP) is 6.41. The Hall–Kier alpha value is -0.0100. The van der Waals surface area contributed by atoms with E-state index in [9.17, 15) is 4.57 Å². The molecule has 7 nitrogen and oxygen atoms in total. The summed E-state index contributed by atoms with van der Waals surface area (Å²) in [5.74, 6) is 0. The second-order valence-electron chi connectivity index (χ2n) is 8.46. The van der Waals surface area contributed by atoms with E-state index >= 15 is 0 Å². The van der Waals surface area contributed by atoms with Crippen LogP contribution in [0.3, 0.4) is 0 Å². The fraction of sp³-hybridized carbons (Fsp3) is 1.00. The van der Waals surface area contributed by atoms with E-state index in [1.54, 1.807) is 0 Å². The standard InChI is InChI=1S/C24H51O7P/c1-2-3-4-5-6-7-8-9-10-11-12-13-14-15-16-17-18-28-19-20-29-21-22-30-23-24-31-32(25,26)27/h2-24H2,1H3,(H2,25,26,27). The van der Waals surface area contributed by atoms with Gasteiger partial charge in [-0.05, 0) is 6.42 Å². The van der Waals surface area contributed by atoms with Gasteiger partial charge in [0.2, 0.25) is 0 Å². The van der Waals surface area contributed by atoms with Crippen molar-refractivity contribution in [3.63, 3.8) is 0 Å². The molecule has 2 N–H and O–H groups in total. The fourth-order valence-corrected chi connectivity index (χ4v) is 3.82. The second-order valence-corrected chi connectivity index (χ2v) is 9.70. The molecule has 0 saturated carbocycles. The van der Waals surface area contributed by atoms with Gasteiger partial charge in [-0.15, -0.1) is 0 Å². The Morgan fingerprint density at radius 1 is 0.469 bits per heavy atom. The zero-order valence-electron chi connectivity index (χ0n) is 20.6. The first kappa shape index (κ1) is 32.0. The highest BCUT2D eigenvalue weighted by Crippen LogP contribution is 2.35. The molecular weight excluding hydrogens is 431 g/mol. The number of unbranched alkanes of at least 4 members (excludes halogenated alkanes) is 15. The lowest BCUT2D eigenvalue weighted by Gasteiger charge is -2.08. The molecule has 0 atom stereocenters. The topological polar surface area (TPSA) is 94.5 Å². The van der Waals surface area contributed by atoms with Crippen molar-refractivity contribution < 1.29 is 33.1 Å². The third-order valence-electron chi connectivity index (χ3n) is 5.37. The summed E-state index contributed by atoms with van der Waals surface area (Å²) >= 11 is 0. The molecule has 0 aliphatic carbocycles. The Kier molecular flexibility index (Phi) is 25.6. The smallest absolute Gasteiger partial charge is 0.379 e. The molecule has 0 amide bonds. The molecule has 0 fully saturated rings. The Bertz CT molecular complexity index is 404. The van der Waals surface area contributed by atoms with Crippen molar-refractivity contribution in [3.05, 3.63) is 0 Å². The maximum Gasteiger partial charge on any atom is 0.469 e. The summed E-state index contributed by atoms with van der Waals surface area (Å²) in [5.41, 5.74) is 0. The van der Waals surface area contributed by atoms with E-state index in [0.717, 1.165) is 13.0 Å². The molecule has 0 saturated heterocycles. The number of phosphoric acid groups is 1. The maximum absolute atomic E-state index is 10.4. The highest BCUT2D eigenvalue weighted by atomic mass is 31.2. The van der Waals surface area contributed by atoms with Crippen molar-refractivity contribution in [2.24, 2.45) is 0 Å². The minimum Gasteiger partial charge on any atom is -0.379 e. The first-order valence-electron chi connectivity index (χ1n) is 13.0. The van der Waals surface area contributed by atoms with E-state index in [-0.39, 0.29) is 13.2 Å². The van der Waals surface area contributed by atoms with Crippen LogP contribution < -0.4 is 0 Å². The van der Waals surface area contributed by atoms with Crippen molar-refractivity contribution >= 4 is 7.82 Å². The van der Waals surface area contributed by atoms with Gasteiger partial charge >= 0.3 is 7.82 Å². The first-order valence-corrected chi connectivity index (χ1v) is 14.5. The largest absolute Gasteiger partial charge is 0.469 e. The molecular formula is C24H51O7P. The molecule has 0 spiro atoms. The normalized spacial score (nSPS) is 12.0. The molecule has 0 aliphatic rings. The zero-order valence-corrected chi connectivity index (χ0v) is 21.5. The van der Waals surface area contributed by atoms with Gasteiger partial charge in [0, 0.05) is 6.61 Å². The van der Waals surface area contributed by atoms with Gasteiger partial charge in [-0.2, -0.15) is 0 Å². The average molecular weight is 483 g/mol. The Balaban J connectivity index is 3.03. The molecule has 32 heavy (non-hydrogen) atoms. The van der Waals surface area contributed by atoms with Crippen molar-refractivity contribution in [2.45, 2.75) is 110 Å². The molecule has 0 aromatic rings.